The molecule has 2 aromatic rings. The Labute approximate surface area is 101 Å². The molecule has 16 heavy (non-hydrogen) atoms. The molecule has 0 atom stereocenters. The molecule has 0 saturated heterocycles. The number of hydrogen-bond acceptors (Lipinski definition) is 2. The predicted octanol–water partition coefficient (Wildman–Crippen LogP) is 3.25. The molecular weight excluding hydrogens is 216 g/mol. The molecule has 0 fully saturated rings. The average molecular weight is 230 g/mol. The SMILES string of the molecule is S=c1ncccn1CCCc1ccccc1. The molecule has 0 aliphatic carbocycles. The fourth-order valence-electron chi connectivity index (χ4n) is 1.66. The highest BCUT2D eigenvalue weighted by Crippen LogP contribution is 2.03. The lowest BCUT2D eigenvalue weighted by atomic mass is 10.1. The van der Waals surface area contributed by atoms with Crippen LogP contribution < -0.4 is 0 Å². The van der Waals surface area contributed by atoms with Crippen LogP contribution in [0.5, 0.6) is 0 Å². The van der Waals surface area contributed by atoms with E-state index in [2.05, 4.69) is 29.2 Å². The van der Waals surface area contributed by atoms with Crippen molar-refractivity contribution in [1.82, 2.24) is 9.55 Å². The number of nitrogens with zero attached hydrogens (tertiary/aromatic N) is 2. The Kier molecular flexibility index (Phi) is 3.83. The minimum Gasteiger partial charge on any atom is -0.324 e. The first-order chi connectivity index (χ1) is 7.86. The third-order valence-corrected chi connectivity index (χ3v) is 2.83. The molecule has 0 spiro atoms. The summed E-state index contributed by atoms with van der Waals surface area (Å²) in [4.78, 5) is 4.08. The van der Waals surface area contributed by atoms with Crippen molar-refractivity contribution < 1.29 is 0 Å². The molecule has 0 bridgehead atoms. The highest BCUT2D eigenvalue weighted by molar-refractivity contribution is 7.71. The molecule has 1 heterocycles. The van der Waals surface area contributed by atoms with E-state index in [-0.39, 0.29) is 0 Å². The normalized spacial score (nSPS) is 10.2. The molecule has 0 N–H and O–H groups in total. The topological polar surface area (TPSA) is 17.8 Å². The molecule has 0 amide bonds. The van der Waals surface area contributed by atoms with E-state index in [1.807, 2.05) is 22.9 Å². The highest BCUT2D eigenvalue weighted by Gasteiger charge is 1.94. The van der Waals surface area contributed by atoms with Gasteiger partial charge in [0.2, 0.25) is 0 Å². The lowest BCUT2D eigenvalue weighted by Gasteiger charge is -2.05. The maximum atomic E-state index is 5.13. The van der Waals surface area contributed by atoms with Crippen LogP contribution in [0.2, 0.25) is 0 Å². The van der Waals surface area contributed by atoms with Gasteiger partial charge in [-0.3, -0.25) is 0 Å². The Morgan fingerprint density at radius 1 is 1.12 bits per heavy atom. The first-order valence-electron chi connectivity index (χ1n) is 5.41. The van der Waals surface area contributed by atoms with Crippen LogP contribution in [0.25, 0.3) is 0 Å². The van der Waals surface area contributed by atoms with Crippen molar-refractivity contribution in [3.05, 3.63) is 59.1 Å². The number of aryl methyl sites for hydroxylation is 2. The van der Waals surface area contributed by atoms with Crippen LogP contribution in [-0.4, -0.2) is 9.55 Å². The van der Waals surface area contributed by atoms with Crippen molar-refractivity contribution in [2.24, 2.45) is 0 Å². The largest absolute Gasteiger partial charge is 0.324 e. The van der Waals surface area contributed by atoms with E-state index in [1.165, 1.54) is 5.56 Å². The molecule has 2 rings (SSSR count). The zero-order chi connectivity index (χ0) is 11.2. The number of benzene rings is 1. The third-order valence-electron chi connectivity index (χ3n) is 2.49. The van der Waals surface area contributed by atoms with Crippen LogP contribution in [0.15, 0.2) is 48.8 Å². The molecule has 3 heteroatoms. The van der Waals surface area contributed by atoms with Crippen LogP contribution >= 0.6 is 12.2 Å². The van der Waals surface area contributed by atoms with E-state index < -0.39 is 0 Å². The van der Waals surface area contributed by atoms with Gasteiger partial charge in [0.05, 0.1) is 0 Å². The van der Waals surface area contributed by atoms with Crippen molar-refractivity contribution in [2.45, 2.75) is 19.4 Å². The van der Waals surface area contributed by atoms with Gasteiger partial charge in [-0.05, 0) is 36.7 Å². The van der Waals surface area contributed by atoms with E-state index >= 15 is 0 Å². The van der Waals surface area contributed by atoms with Gasteiger partial charge in [0.15, 0.2) is 4.77 Å². The summed E-state index contributed by atoms with van der Waals surface area (Å²) in [6.45, 7) is 0.932. The van der Waals surface area contributed by atoms with Crippen LogP contribution in [0.1, 0.15) is 12.0 Å². The second kappa shape index (κ2) is 5.56. The van der Waals surface area contributed by atoms with Gasteiger partial charge < -0.3 is 4.57 Å². The molecule has 0 radical (unpaired) electrons. The molecular formula is C13H14N2S. The fraction of sp³-hybridized carbons (Fsp3) is 0.231. The Morgan fingerprint density at radius 2 is 1.94 bits per heavy atom. The van der Waals surface area contributed by atoms with Gasteiger partial charge in [0.1, 0.15) is 0 Å². The molecule has 0 saturated carbocycles. The smallest absolute Gasteiger partial charge is 0.199 e. The van der Waals surface area contributed by atoms with Crippen LogP contribution in [-0.2, 0) is 13.0 Å². The van der Waals surface area contributed by atoms with Crippen molar-refractivity contribution in [2.75, 3.05) is 0 Å². The van der Waals surface area contributed by atoms with Crippen molar-refractivity contribution >= 4 is 12.2 Å². The Hall–Kier alpha value is -1.48. The van der Waals surface area contributed by atoms with E-state index in [0.717, 1.165) is 19.4 Å². The van der Waals surface area contributed by atoms with Crippen molar-refractivity contribution in [3.63, 3.8) is 0 Å². The van der Waals surface area contributed by atoms with E-state index in [4.69, 9.17) is 12.2 Å². The Balaban J connectivity index is 1.90. The van der Waals surface area contributed by atoms with Crippen LogP contribution in [0, 0.1) is 4.77 Å². The molecule has 82 valence electrons. The highest BCUT2D eigenvalue weighted by atomic mass is 32.1. The predicted molar refractivity (Wildman–Crippen MR) is 67.8 cm³/mol. The summed E-state index contributed by atoms with van der Waals surface area (Å²) in [5, 5.41) is 0. The number of rotatable bonds is 4. The summed E-state index contributed by atoms with van der Waals surface area (Å²) >= 11 is 5.13. The summed E-state index contributed by atoms with van der Waals surface area (Å²) in [6, 6.07) is 12.4. The summed E-state index contributed by atoms with van der Waals surface area (Å²) < 4.78 is 2.67. The van der Waals surface area contributed by atoms with Crippen molar-refractivity contribution in [1.29, 1.82) is 0 Å². The first-order valence-corrected chi connectivity index (χ1v) is 5.82. The zero-order valence-electron chi connectivity index (χ0n) is 9.04. The van der Waals surface area contributed by atoms with E-state index in [9.17, 15) is 0 Å². The second-order valence-corrected chi connectivity index (χ2v) is 4.05. The van der Waals surface area contributed by atoms with Gasteiger partial charge in [0, 0.05) is 18.9 Å². The maximum Gasteiger partial charge on any atom is 0.199 e. The molecule has 0 aliphatic heterocycles. The lowest BCUT2D eigenvalue weighted by molar-refractivity contribution is 0.620. The first kappa shape index (κ1) is 11.0. The van der Waals surface area contributed by atoms with Gasteiger partial charge in [-0.2, -0.15) is 0 Å². The monoisotopic (exact) mass is 230 g/mol. The molecule has 0 aliphatic rings. The van der Waals surface area contributed by atoms with E-state index in [1.54, 1.807) is 6.20 Å². The average Bonchev–Trinajstić information content (AvgIpc) is 2.33. The number of aromatic nitrogens is 2. The minimum atomic E-state index is 0.663. The van der Waals surface area contributed by atoms with Gasteiger partial charge in [-0.25, -0.2) is 4.98 Å². The number of hydrogen-bond donors (Lipinski definition) is 0. The summed E-state index contributed by atoms with van der Waals surface area (Å²) in [6.07, 6.45) is 5.89. The van der Waals surface area contributed by atoms with Crippen LogP contribution in [0.4, 0.5) is 0 Å². The fourth-order valence-corrected chi connectivity index (χ4v) is 1.87. The molecule has 2 nitrogen and oxygen atoms in total. The molecule has 1 aromatic heterocycles. The van der Waals surface area contributed by atoms with E-state index in [0.29, 0.717) is 4.77 Å². The quantitative estimate of drug-likeness (QED) is 0.750. The minimum absolute atomic E-state index is 0.663. The summed E-state index contributed by atoms with van der Waals surface area (Å²) in [5.74, 6) is 0. The molecule has 0 unspecified atom stereocenters. The molecule has 1 aromatic carbocycles. The Morgan fingerprint density at radius 3 is 2.69 bits per heavy atom. The van der Waals surface area contributed by atoms with Gasteiger partial charge in [-0.15, -0.1) is 0 Å². The van der Waals surface area contributed by atoms with Gasteiger partial charge >= 0.3 is 0 Å². The maximum absolute atomic E-state index is 5.13. The lowest BCUT2D eigenvalue weighted by Crippen LogP contribution is -2.02. The van der Waals surface area contributed by atoms with Crippen LogP contribution in [0.3, 0.4) is 0 Å². The summed E-state index contributed by atoms with van der Waals surface area (Å²) in [7, 11) is 0. The summed E-state index contributed by atoms with van der Waals surface area (Å²) in [5.41, 5.74) is 1.37. The van der Waals surface area contributed by atoms with Crippen molar-refractivity contribution in [3.8, 4) is 0 Å². The zero-order valence-corrected chi connectivity index (χ0v) is 9.86. The van der Waals surface area contributed by atoms with Gasteiger partial charge in [0.25, 0.3) is 0 Å². The Bertz CT molecular complexity index is 491. The second-order valence-electron chi connectivity index (χ2n) is 3.68. The van der Waals surface area contributed by atoms with Gasteiger partial charge in [-0.1, -0.05) is 30.3 Å². The third kappa shape index (κ3) is 3.00. The standard InChI is InChI=1S/C13H14N2S/c16-13-14-9-5-11-15(13)10-4-8-12-6-2-1-3-7-12/h1-3,5-7,9,11H,4,8,10H2.